The first-order chi connectivity index (χ1) is 19.8. The summed E-state index contributed by atoms with van der Waals surface area (Å²) in [5.41, 5.74) is 6.92. The Balaban J connectivity index is 1.36. The molecule has 2 aliphatic heterocycles. The molecule has 41 heavy (non-hydrogen) atoms. The van der Waals surface area contributed by atoms with Crippen LogP contribution in [0.1, 0.15) is 40.9 Å². The Kier molecular flexibility index (Phi) is 8.63. The number of carbonyl (C=O) groups excluding carboxylic acids is 1. The summed E-state index contributed by atoms with van der Waals surface area (Å²) in [6.07, 6.45) is 3.16. The molecule has 4 heterocycles. The molecule has 0 bridgehead atoms. The lowest BCUT2D eigenvalue weighted by atomic mass is 9.91. The van der Waals surface area contributed by atoms with Crippen molar-refractivity contribution in [2.24, 2.45) is 11.7 Å². The van der Waals surface area contributed by atoms with Gasteiger partial charge in [-0.05, 0) is 35.9 Å². The van der Waals surface area contributed by atoms with Crippen LogP contribution in [0.4, 0.5) is 18.9 Å². The van der Waals surface area contributed by atoms with Crippen molar-refractivity contribution in [3.63, 3.8) is 0 Å². The van der Waals surface area contributed by atoms with Gasteiger partial charge in [0.05, 0.1) is 44.0 Å². The Morgan fingerprint density at radius 2 is 1.93 bits per heavy atom. The molecule has 2 N–H and O–H groups in total. The summed E-state index contributed by atoms with van der Waals surface area (Å²) in [4.78, 5) is 23.6. The zero-order chi connectivity index (χ0) is 29.1. The summed E-state index contributed by atoms with van der Waals surface area (Å²) in [5, 5.41) is 8.79. The maximum atomic E-state index is 15.0. The van der Waals surface area contributed by atoms with E-state index in [-0.39, 0.29) is 42.5 Å². The summed E-state index contributed by atoms with van der Waals surface area (Å²) >= 11 is 0. The highest BCUT2D eigenvalue weighted by Gasteiger charge is 2.34. The lowest BCUT2D eigenvalue weighted by molar-refractivity contribution is -0.00335. The van der Waals surface area contributed by atoms with Crippen molar-refractivity contribution in [1.29, 1.82) is 5.26 Å². The molecule has 0 spiro atoms. The van der Waals surface area contributed by atoms with Crippen LogP contribution < -0.4 is 10.6 Å². The lowest BCUT2D eigenvalue weighted by Crippen LogP contribution is -2.57. The maximum Gasteiger partial charge on any atom is 0.185 e. The van der Waals surface area contributed by atoms with Gasteiger partial charge in [0.1, 0.15) is 28.8 Å². The number of rotatable bonds is 9. The second-order valence-corrected chi connectivity index (χ2v) is 10.5. The van der Waals surface area contributed by atoms with Crippen LogP contribution in [-0.4, -0.2) is 60.8 Å². The molecule has 3 aromatic rings. The molecule has 8 nitrogen and oxygen atoms in total. The zero-order valence-electron chi connectivity index (χ0n) is 22.5. The van der Waals surface area contributed by atoms with Gasteiger partial charge in [-0.2, -0.15) is 5.26 Å². The highest BCUT2D eigenvalue weighted by molar-refractivity contribution is 5.97. The fourth-order valence-electron chi connectivity index (χ4n) is 5.42. The van der Waals surface area contributed by atoms with E-state index in [2.05, 4.69) is 20.9 Å². The van der Waals surface area contributed by atoms with E-state index < -0.39 is 34.5 Å². The number of carbonyl (C=O) groups is 1. The number of ether oxygens (including phenoxy) is 2. The number of pyridine rings is 2. The average Bonchev–Trinajstić information content (AvgIpc) is 2.90. The summed E-state index contributed by atoms with van der Waals surface area (Å²) in [7, 11) is 0. The van der Waals surface area contributed by atoms with Gasteiger partial charge in [0.2, 0.25) is 0 Å². The number of ketones is 1. The topological polar surface area (TPSA) is 114 Å². The van der Waals surface area contributed by atoms with Crippen molar-refractivity contribution >= 4 is 11.5 Å². The molecular formula is C30H30F3N5O3. The fourth-order valence-corrected chi connectivity index (χ4v) is 5.42. The van der Waals surface area contributed by atoms with Gasteiger partial charge in [0, 0.05) is 61.0 Å². The van der Waals surface area contributed by atoms with E-state index >= 15 is 0 Å². The number of hydrogen-bond donors (Lipinski definition) is 1. The summed E-state index contributed by atoms with van der Waals surface area (Å²) < 4.78 is 55.7. The molecule has 1 aromatic carbocycles. The SMILES string of the molecule is C[C@H]1CN(c2ccncc2CC(=O)c2ccc(F)c(-c3c(F)cc(C4COC4)cc3F)n2)C[C@@H](N)[C@H]1OCCC#N. The van der Waals surface area contributed by atoms with Gasteiger partial charge in [-0.15, -0.1) is 0 Å². The predicted molar refractivity (Wildman–Crippen MR) is 145 cm³/mol. The first-order valence-electron chi connectivity index (χ1n) is 13.5. The van der Waals surface area contributed by atoms with Crippen LogP contribution in [0.3, 0.4) is 0 Å². The smallest absolute Gasteiger partial charge is 0.185 e. The number of nitrogens with zero attached hydrogens (tertiary/aromatic N) is 4. The first kappa shape index (κ1) is 28.7. The number of nitrogens with two attached hydrogens (primary N) is 1. The normalized spacial score (nSPS) is 20.9. The second kappa shape index (κ2) is 12.3. The maximum absolute atomic E-state index is 15.0. The van der Waals surface area contributed by atoms with Crippen molar-refractivity contribution < 1.29 is 27.4 Å². The number of halogens is 3. The van der Waals surface area contributed by atoms with Crippen LogP contribution in [0.25, 0.3) is 11.3 Å². The molecule has 0 radical (unpaired) electrons. The molecular weight excluding hydrogens is 535 g/mol. The molecule has 0 saturated carbocycles. The third kappa shape index (κ3) is 6.10. The van der Waals surface area contributed by atoms with Crippen LogP contribution in [0, 0.1) is 34.7 Å². The van der Waals surface area contributed by atoms with E-state index in [0.29, 0.717) is 44.0 Å². The Morgan fingerprint density at radius 1 is 1.17 bits per heavy atom. The number of anilines is 1. The number of aromatic nitrogens is 2. The Hall–Kier alpha value is -3.85. The minimum Gasteiger partial charge on any atom is -0.380 e. The van der Waals surface area contributed by atoms with Crippen LogP contribution in [0.2, 0.25) is 0 Å². The fraction of sp³-hybridized carbons (Fsp3) is 0.400. The highest BCUT2D eigenvalue weighted by atomic mass is 19.1. The van der Waals surface area contributed by atoms with E-state index in [9.17, 15) is 18.0 Å². The first-order valence-corrected chi connectivity index (χ1v) is 13.5. The third-order valence-electron chi connectivity index (χ3n) is 7.56. The average molecular weight is 566 g/mol. The highest BCUT2D eigenvalue weighted by Crippen LogP contribution is 2.33. The molecule has 2 aliphatic rings. The van der Waals surface area contributed by atoms with Crippen molar-refractivity contribution in [2.45, 2.75) is 37.8 Å². The number of nitriles is 1. The van der Waals surface area contributed by atoms with Crippen LogP contribution >= 0.6 is 0 Å². The minimum atomic E-state index is -0.956. The Morgan fingerprint density at radius 3 is 2.59 bits per heavy atom. The van der Waals surface area contributed by atoms with Gasteiger partial charge in [0.25, 0.3) is 0 Å². The quantitative estimate of drug-likeness (QED) is 0.304. The van der Waals surface area contributed by atoms with Crippen LogP contribution in [-0.2, 0) is 15.9 Å². The van der Waals surface area contributed by atoms with Gasteiger partial charge < -0.3 is 20.1 Å². The van der Waals surface area contributed by atoms with Gasteiger partial charge in [-0.1, -0.05) is 6.92 Å². The van der Waals surface area contributed by atoms with Crippen LogP contribution in [0.15, 0.2) is 42.7 Å². The van der Waals surface area contributed by atoms with E-state index in [1.807, 2.05) is 6.92 Å². The van der Waals surface area contributed by atoms with E-state index in [1.54, 1.807) is 18.5 Å². The van der Waals surface area contributed by atoms with E-state index in [4.69, 9.17) is 20.5 Å². The number of Topliss-reactive ketones (excluding diaryl/α,β-unsaturated/α-hetero) is 1. The van der Waals surface area contributed by atoms with E-state index in [0.717, 1.165) is 23.9 Å². The number of benzene rings is 1. The molecule has 2 saturated heterocycles. The van der Waals surface area contributed by atoms with E-state index in [1.165, 1.54) is 6.07 Å². The molecule has 214 valence electrons. The second-order valence-electron chi connectivity index (χ2n) is 10.5. The predicted octanol–water partition coefficient (Wildman–Crippen LogP) is 4.18. The molecule has 0 amide bonds. The van der Waals surface area contributed by atoms with Crippen molar-refractivity contribution in [3.8, 4) is 17.3 Å². The van der Waals surface area contributed by atoms with Gasteiger partial charge >= 0.3 is 0 Å². The van der Waals surface area contributed by atoms with Crippen molar-refractivity contribution in [2.75, 3.05) is 37.8 Å². The molecule has 2 fully saturated rings. The van der Waals surface area contributed by atoms with Crippen molar-refractivity contribution in [3.05, 3.63) is 77.0 Å². The largest absolute Gasteiger partial charge is 0.380 e. The molecule has 3 atom stereocenters. The lowest BCUT2D eigenvalue weighted by Gasteiger charge is -2.42. The van der Waals surface area contributed by atoms with Crippen LogP contribution in [0.5, 0.6) is 0 Å². The standard InChI is InChI=1S/C30H30F3N5O3/c1-17-13-38(14-24(35)30(17)41-8-2-6-34)26-5-7-36-12-19(26)11-27(39)25-4-3-21(31)29(37-25)28-22(32)9-18(10-23(28)33)20-15-40-16-20/h3-5,7,9-10,12,17,20,24,30H,2,8,11,13-16,35H2,1H3/t17-,24+,30-/m0/s1. The summed E-state index contributed by atoms with van der Waals surface area (Å²) in [6.45, 7) is 4.14. The third-order valence-corrected chi connectivity index (χ3v) is 7.56. The molecule has 0 aliphatic carbocycles. The molecule has 0 unspecified atom stereocenters. The molecule has 2 aromatic heterocycles. The van der Waals surface area contributed by atoms with Gasteiger partial charge in [0.15, 0.2) is 5.78 Å². The van der Waals surface area contributed by atoms with Crippen molar-refractivity contribution in [1.82, 2.24) is 9.97 Å². The Labute approximate surface area is 235 Å². The van der Waals surface area contributed by atoms with Gasteiger partial charge in [-0.25, -0.2) is 18.2 Å². The molecule has 11 heteroatoms. The zero-order valence-corrected chi connectivity index (χ0v) is 22.5. The minimum absolute atomic E-state index is 0.0588. The number of piperidine rings is 1. The molecule has 5 rings (SSSR count). The van der Waals surface area contributed by atoms with Gasteiger partial charge in [-0.3, -0.25) is 9.78 Å². The Bertz CT molecular complexity index is 1440. The number of hydrogen-bond acceptors (Lipinski definition) is 8. The monoisotopic (exact) mass is 565 g/mol. The summed E-state index contributed by atoms with van der Waals surface area (Å²) in [5.74, 6) is -3.37. The summed E-state index contributed by atoms with van der Waals surface area (Å²) in [6, 6.07) is 8.05.